The second kappa shape index (κ2) is 18.6. The number of aryl methyl sites for hydroxylation is 1. The Kier molecular flexibility index (Phi) is 15.3. The molecule has 7 heteroatoms. The summed E-state index contributed by atoms with van der Waals surface area (Å²) in [5.41, 5.74) is 3.66. The Labute approximate surface area is 260 Å². The molecule has 3 aromatic carbocycles. The Morgan fingerprint density at radius 1 is 0.860 bits per heavy atom. The van der Waals surface area contributed by atoms with Crippen molar-refractivity contribution in [2.24, 2.45) is 0 Å². The van der Waals surface area contributed by atoms with Gasteiger partial charge in [-0.2, -0.15) is 0 Å². The number of carbonyl (C=O) groups excluding carboxylic acids is 2. The van der Waals surface area contributed by atoms with Gasteiger partial charge in [0.2, 0.25) is 0 Å². The number of nitrogens with zero attached hydrogens (tertiary/aromatic N) is 1. The van der Waals surface area contributed by atoms with Gasteiger partial charge in [-0.1, -0.05) is 86.1 Å². The van der Waals surface area contributed by atoms with Crippen LogP contribution in [0.3, 0.4) is 0 Å². The van der Waals surface area contributed by atoms with E-state index in [0.717, 1.165) is 48.4 Å². The topological polar surface area (TPSA) is 77.1 Å². The number of carbonyl (C=O) groups is 2. The molecule has 3 rings (SSSR count). The predicted molar refractivity (Wildman–Crippen MR) is 175 cm³/mol. The van der Waals surface area contributed by atoms with Crippen LogP contribution in [-0.4, -0.2) is 48.8 Å². The summed E-state index contributed by atoms with van der Waals surface area (Å²) in [6.45, 7) is 17.1. The molecule has 1 N–H and O–H groups in total. The molecule has 0 saturated carbocycles. The molecule has 0 spiro atoms. The van der Waals surface area contributed by atoms with Crippen LogP contribution in [0.4, 0.5) is 4.79 Å². The lowest BCUT2D eigenvalue weighted by Gasteiger charge is -2.24. The van der Waals surface area contributed by atoms with Crippen molar-refractivity contribution in [3.63, 3.8) is 0 Å². The minimum Gasteiger partial charge on any atom is -0.489 e. The summed E-state index contributed by atoms with van der Waals surface area (Å²) in [6.07, 6.45) is 1.71. The number of alkyl carbamates (subject to hydrolysis) is 1. The summed E-state index contributed by atoms with van der Waals surface area (Å²) in [7, 11) is 0. The minimum absolute atomic E-state index is 0. The van der Waals surface area contributed by atoms with E-state index in [9.17, 15) is 9.59 Å². The van der Waals surface area contributed by atoms with Crippen LogP contribution < -0.4 is 10.1 Å². The van der Waals surface area contributed by atoms with E-state index in [1.165, 1.54) is 5.56 Å². The maximum atomic E-state index is 12.5. The first-order chi connectivity index (χ1) is 20.5. The molecule has 7 nitrogen and oxygen atoms in total. The average Bonchev–Trinajstić information content (AvgIpc) is 2.96. The molecule has 1 atom stereocenters. The number of rotatable bonds is 13. The SMILES string of the molecule is CCCN(CCC)CC(=O)OCC.Cc1ccc(COc2cccc([C@@H](NC(=O)OC(C)(C)C)c3ccccc3)c2)cc1.[HH]. The van der Waals surface area contributed by atoms with Crippen LogP contribution in [0.25, 0.3) is 0 Å². The van der Waals surface area contributed by atoms with E-state index < -0.39 is 11.7 Å². The number of nitrogens with one attached hydrogen (secondary N) is 1. The molecule has 0 radical (unpaired) electrons. The van der Waals surface area contributed by atoms with Crippen molar-refractivity contribution in [2.45, 2.75) is 79.6 Å². The molecule has 43 heavy (non-hydrogen) atoms. The van der Waals surface area contributed by atoms with Gasteiger partial charge in [0, 0.05) is 1.43 Å². The summed E-state index contributed by atoms with van der Waals surface area (Å²) in [5, 5.41) is 3.00. The van der Waals surface area contributed by atoms with Gasteiger partial charge in [0.25, 0.3) is 0 Å². The minimum atomic E-state index is -0.565. The van der Waals surface area contributed by atoms with Crippen molar-refractivity contribution >= 4 is 12.1 Å². The van der Waals surface area contributed by atoms with Crippen LogP contribution >= 0.6 is 0 Å². The first-order valence-corrected chi connectivity index (χ1v) is 15.2. The maximum Gasteiger partial charge on any atom is 0.408 e. The lowest BCUT2D eigenvalue weighted by molar-refractivity contribution is -0.144. The highest BCUT2D eigenvalue weighted by atomic mass is 16.6. The highest BCUT2D eigenvalue weighted by Crippen LogP contribution is 2.26. The second-order valence-electron chi connectivity index (χ2n) is 11.4. The van der Waals surface area contributed by atoms with Crippen molar-refractivity contribution in [2.75, 3.05) is 26.2 Å². The number of amides is 1. The zero-order valence-electron chi connectivity index (χ0n) is 27.0. The predicted octanol–water partition coefficient (Wildman–Crippen LogP) is 8.11. The van der Waals surface area contributed by atoms with E-state index in [-0.39, 0.29) is 13.4 Å². The molecular formula is C36H52N2O5. The third kappa shape index (κ3) is 14.3. The highest BCUT2D eigenvalue weighted by Gasteiger charge is 2.22. The molecule has 0 fully saturated rings. The van der Waals surface area contributed by atoms with E-state index in [4.69, 9.17) is 14.2 Å². The Morgan fingerprint density at radius 3 is 2.07 bits per heavy atom. The fraction of sp³-hybridized carbons (Fsp3) is 0.444. The smallest absolute Gasteiger partial charge is 0.408 e. The Morgan fingerprint density at radius 2 is 1.49 bits per heavy atom. The van der Waals surface area contributed by atoms with Crippen molar-refractivity contribution in [3.8, 4) is 5.75 Å². The standard InChI is InChI=1S/C26H29NO3.C10H21NO2.H2/c1-19-13-15-20(16-14-19)18-29-23-12-8-11-22(17-23)24(21-9-6-5-7-10-21)27-25(28)30-26(2,3)4;1-4-7-11(8-5-2)9-10(12)13-6-3;/h5-17,24H,18H2,1-4H3,(H,27,28);4-9H2,1-3H3;1H/t24-;;/m0../s1. The van der Waals surface area contributed by atoms with Gasteiger partial charge in [-0.05, 0) is 89.4 Å². The maximum absolute atomic E-state index is 12.5. The van der Waals surface area contributed by atoms with E-state index in [2.05, 4.69) is 55.3 Å². The van der Waals surface area contributed by atoms with Gasteiger partial charge < -0.3 is 19.5 Å². The van der Waals surface area contributed by atoms with Gasteiger partial charge in [0.15, 0.2) is 0 Å². The molecule has 236 valence electrons. The Bertz CT molecular complexity index is 1220. The molecule has 0 aromatic heterocycles. The summed E-state index contributed by atoms with van der Waals surface area (Å²) in [5.74, 6) is 0.643. The lowest BCUT2D eigenvalue weighted by Crippen LogP contribution is -2.35. The molecular weight excluding hydrogens is 540 g/mol. The van der Waals surface area contributed by atoms with Gasteiger partial charge in [-0.15, -0.1) is 0 Å². The van der Waals surface area contributed by atoms with Gasteiger partial charge in [0.1, 0.15) is 18.0 Å². The molecule has 3 aromatic rings. The zero-order chi connectivity index (χ0) is 31.7. The summed E-state index contributed by atoms with van der Waals surface area (Å²) in [4.78, 5) is 25.8. The van der Waals surface area contributed by atoms with E-state index >= 15 is 0 Å². The number of ether oxygens (including phenoxy) is 3. The third-order valence-corrected chi connectivity index (χ3v) is 6.25. The van der Waals surface area contributed by atoms with Crippen LogP contribution in [0.5, 0.6) is 5.75 Å². The number of hydrogen-bond acceptors (Lipinski definition) is 6. The van der Waals surface area contributed by atoms with Crippen LogP contribution in [0.15, 0.2) is 78.9 Å². The van der Waals surface area contributed by atoms with Gasteiger partial charge in [0.05, 0.1) is 19.2 Å². The first kappa shape index (κ1) is 35.4. The number of esters is 1. The molecule has 0 aliphatic carbocycles. The monoisotopic (exact) mass is 592 g/mol. The van der Waals surface area contributed by atoms with Crippen molar-refractivity contribution < 1.29 is 25.2 Å². The van der Waals surface area contributed by atoms with Crippen molar-refractivity contribution in [1.29, 1.82) is 0 Å². The Balaban J connectivity index is 0.000000588. The molecule has 0 aliphatic rings. The molecule has 0 heterocycles. The van der Waals surface area contributed by atoms with E-state index in [0.29, 0.717) is 19.8 Å². The van der Waals surface area contributed by atoms with Crippen molar-refractivity contribution in [3.05, 3.63) is 101 Å². The lowest BCUT2D eigenvalue weighted by atomic mass is 9.98. The fourth-order valence-electron chi connectivity index (χ4n) is 4.36. The quantitative estimate of drug-likeness (QED) is 0.202. The zero-order valence-corrected chi connectivity index (χ0v) is 27.0. The molecule has 0 saturated heterocycles. The highest BCUT2D eigenvalue weighted by molar-refractivity contribution is 5.71. The first-order valence-electron chi connectivity index (χ1n) is 15.2. The van der Waals surface area contributed by atoms with Gasteiger partial charge in [-0.25, -0.2) is 4.79 Å². The third-order valence-electron chi connectivity index (χ3n) is 6.25. The summed E-state index contributed by atoms with van der Waals surface area (Å²) in [6, 6.07) is 25.6. The second-order valence-corrected chi connectivity index (χ2v) is 11.4. The van der Waals surface area contributed by atoms with E-state index in [1.54, 1.807) is 0 Å². The summed E-state index contributed by atoms with van der Waals surface area (Å²) >= 11 is 0. The van der Waals surface area contributed by atoms with Crippen LogP contribution in [-0.2, 0) is 20.9 Å². The van der Waals surface area contributed by atoms with Crippen molar-refractivity contribution in [1.82, 2.24) is 10.2 Å². The van der Waals surface area contributed by atoms with Gasteiger partial charge in [-0.3, -0.25) is 9.69 Å². The summed E-state index contributed by atoms with van der Waals surface area (Å²) < 4.78 is 16.4. The molecule has 0 aliphatic heterocycles. The van der Waals surface area contributed by atoms with E-state index in [1.807, 2.05) is 82.3 Å². The molecule has 0 bridgehead atoms. The normalized spacial score (nSPS) is 11.6. The van der Waals surface area contributed by atoms with Crippen LogP contribution in [0.1, 0.15) is 84.1 Å². The number of benzene rings is 3. The molecule has 0 unspecified atom stereocenters. The fourth-order valence-corrected chi connectivity index (χ4v) is 4.36. The van der Waals surface area contributed by atoms with Crippen LogP contribution in [0.2, 0.25) is 0 Å². The number of hydrogen-bond donors (Lipinski definition) is 1. The Hall–Kier alpha value is -3.84. The van der Waals surface area contributed by atoms with Crippen LogP contribution in [0, 0.1) is 6.92 Å². The average molecular weight is 593 g/mol. The largest absolute Gasteiger partial charge is 0.489 e. The van der Waals surface area contributed by atoms with Gasteiger partial charge >= 0.3 is 12.1 Å². The molecule has 1 amide bonds.